The standard InChI is InChI=1S/C20H21F3N2O5S2/c1-12-5-3-4-6-14(12)24-32(28,29)19-17(18(27)30-2)13-8-10-25(11-15(13)31-19)16(26)7-9-20(21,22)23/h3-6,24H,7-11H2,1-2H3. The van der Waals surface area contributed by atoms with Gasteiger partial charge in [0.15, 0.2) is 4.21 Å². The van der Waals surface area contributed by atoms with E-state index >= 15 is 0 Å². The number of anilines is 1. The predicted octanol–water partition coefficient (Wildman–Crippen LogP) is 3.87. The van der Waals surface area contributed by atoms with Crippen molar-refractivity contribution in [3.63, 3.8) is 0 Å². The number of hydrogen-bond donors (Lipinski definition) is 1. The maximum atomic E-state index is 13.1. The number of halogens is 3. The first-order chi connectivity index (χ1) is 14.9. The van der Waals surface area contributed by atoms with Crippen molar-refractivity contribution >= 4 is 38.9 Å². The van der Waals surface area contributed by atoms with Crippen molar-refractivity contribution in [1.82, 2.24) is 4.90 Å². The van der Waals surface area contributed by atoms with E-state index in [1.807, 2.05) is 0 Å². The summed E-state index contributed by atoms with van der Waals surface area (Å²) >= 11 is 0.815. The molecule has 7 nitrogen and oxygen atoms in total. The molecule has 0 saturated heterocycles. The summed E-state index contributed by atoms with van der Waals surface area (Å²) in [7, 11) is -3.04. The van der Waals surface area contributed by atoms with Gasteiger partial charge in [-0.05, 0) is 30.5 Å². The van der Waals surface area contributed by atoms with Crippen LogP contribution in [0, 0.1) is 6.92 Å². The van der Waals surface area contributed by atoms with Crippen molar-refractivity contribution < 1.29 is 35.9 Å². The third-order valence-electron chi connectivity index (χ3n) is 5.02. The Balaban J connectivity index is 1.93. The number of rotatable bonds is 6. The molecule has 12 heteroatoms. The molecule has 1 amide bonds. The molecule has 1 aromatic carbocycles. The summed E-state index contributed by atoms with van der Waals surface area (Å²) in [6.45, 7) is 1.73. The fraction of sp³-hybridized carbons (Fsp3) is 0.400. The van der Waals surface area contributed by atoms with Gasteiger partial charge in [0.1, 0.15) is 0 Å². The molecular weight excluding hydrogens is 469 g/mol. The molecule has 0 spiro atoms. The van der Waals surface area contributed by atoms with Crippen molar-refractivity contribution in [3.8, 4) is 0 Å². The second-order valence-corrected chi connectivity index (χ2v) is 10.2. The quantitative estimate of drug-likeness (QED) is 0.621. The number of esters is 1. The Morgan fingerprint density at radius 2 is 1.94 bits per heavy atom. The van der Waals surface area contributed by atoms with Crippen molar-refractivity contribution in [2.75, 3.05) is 18.4 Å². The van der Waals surface area contributed by atoms with Crippen LogP contribution in [0.4, 0.5) is 18.9 Å². The second kappa shape index (κ2) is 9.10. The smallest absolute Gasteiger partial charge is 0.389 e. The van der Waals surface area contributed by atoms with Gasteiger partial charge >= 0.3 is 12.1 Å². The minimum atomic E-state index is -4.44. The van der Waals surface area contributed by atoms with Crippen LogP contribution >= 0.6 is 11.3 Å². The zero-order chi connectivity index (χ0) is 23.7. The van der Waals surface area contributed by atoms with Gasteiger partial charge in [0, 0.05) is 17.8 Å². The average molecular weight is 491 g/mol. The van der Waals surface area contributed by atoms with E-state index in [0.29, 0.717) is 21.7 Å². The Labute approximate surface area is 187 Å². The van der Waals surface area contributed by atoms with E-state index in [-0.39, 0.29) is 29.3 Å². The number of sulfonamides is 1. The number of benzene rings is 1. The number of aryl methyl sites for hydroxylation is 1. The molecule has 1 aromatic heterocycles. The number of fused-ring (bicyclic) bond motifs is 1. The van der Waals surface area contributed by atoms with Crippen molar-refractivity contribution in [1.29, 1.82) is 0 Å². The van der Waals surface area contributed by atoms with Crippen LogP contribution in [0.15, 0.2) is 28.5 Å². The molecule has 0 bridgehead atoms. The van der Waals surface area contributed by atoms with Crippen LogP contribution in [0.1, 0.15) is 39.2 Å². The fourth-order valence-electron chi connectivity index (χ4n) is 3.37. The maximum Gasteiger partial charge on any atom is 0.389 e. The molecule has 32 heavy (non-hydrogen) atoms. The highest BCUT2D eigenvalue weighted by Gasteiger charge is 2.36. The lowest BCUT2D eigenvalue weighted by Crippen LogP contribution is -2.36. The van der Waals surface area contributed by atoms with Gasteiger partial charge in [0.2, 0.25) is 5.91 Å². The lowest BCUT2D eigenvalue weighted by atomic mass is 10.0. The Morgan fingerprint density at radius 3 is 2.56 bits per heavy atom. The second-order valence-electron chi connectivity index (χ2n) is 7.26. The SMILES string of the molecule is COC(=O)c1c(S(=O)(=O)Nc2ccccc2C)sc2c1CCN(C(=O)CCC(F)(F)F)C2. The number of amides is 1. The third kappa shape index (κ3) is 5.23. The van der Waals surface area contributed by atoms with Crippen LogP contribution in [-0.2, 0) is 32.5 Å². The summed E-state index contributed by atoms with van der Waals surface area (Å²) in [5.74, 6) is -1.51. The van der Waals surface area contributed by atoms with Gasteiger partial charge in [0.05, 0.1) is 31.3 Å². The van der Waals surface area contributed by atoms with Crippen LogP contribution in [-0.4, -0.2) is 45.0 Å². The molecule has 0 aliphatic carbocycles. The first-order valence-electron chi connectivity index (χ1n) is 9.59. The molecule has 2 aromatic rings. The molecule has 0 atom stereocenters. The van der Waals surface area contributed by atoms with Gasteiger partial charge in [0.25, 0.3) is 10.0 Å². The zero-order valence-corrected chi connectivity index (χ0v) is 18.9. The van der Waals surface area contributed by atoms with Gasteiger partial charge in [-0.2, -0.15) is 13.2 Å². The van der Waals surface area contributed by atoms with E-state index < -0.39 is 40.9 Å². The van der Waals surface area contributed by atoms with Crippen LogP contribution in [0.25, 0.3) is 0 Å². The summed E-state index contributed by atoms with van der Waals surface area (Å²) in [5.41, 5.74) is 1.36. The molecule has 2 heterocycles. The van der Waals surface area contributed by atoms with Gasteiger partial charge < -0.3 is 9.64 Å². The largest absolute Gasteiger partial charge is 0.465 e. The summed E-state index contributed by atoms with van der Waals surface area (Å²) in [4.78, 5) is 26.3. The van der Waals surface area contributed by atoms with Crippen LogP contribution in [0.2, 0.25) is 0 Å². The van der Waals surface area contributed by atoms with Crippen molar-refractivity contribution in [2.45, 2.75) is 43.1 Å². The number of hydrogen-bond acceptors (Lipinski definition) is 6. The number of nitrogens with zero attached hydrogens (tertiary/aromatic N) is 1. The number of thiophene rings is 1. The number of methoxy groups -OCH3 is 1. The molecular formula is C20H21F3N2O5S2. The van der Waals surface area contributed by atoms with E-state index in [4.69, 9.17) is 4.74 Å². The van der Waals surface area contributed by atoms with Gasteiger partial charge in [-0.25, -0.2) is 13.2 Å². The van der Waals surface area contributed by atoms with Gasteiger partial charge in [-0.3, -0.25) is 9.52 Å². The molecule has 1 N–H and O–H groups in total. The molecule has 0 unspecified atom stereocenters. The number of carbonyl (C=O) groups excluding carboxylic acids is 2. The van der Waals surface area contributed by atoms with E-state index in [9.17, 15) is 31.2 Å². The molecule has 1 aliphatic rings. The Hall–Kier alpha value is -2.60. The predicted molar refractivity (Wildman–Crippen MR) is 112 cm³/mol. The van der Waals surface area contributed by atoms with Crippen LogP contribution in [0.5, 0.6) is 0 Å². The maximum absolute atomic E-state index is 13.1. The fourth-order valence-corrected chi connectivity index (χ4v) is 6.41. The van der Waals surface area contributed by atoms with Crippen LogP contribution < -0.4 is 4.72 Å². The molecule has 1 aliphatic heterocycles. The normalized spacial score (nSPS) is 14.1. The third-order valence-corrected chi connectivity index (χ3v) is 8.12. The lowest BCUT2D eigenvalue weighted by Gasteiger charge is -2.27. The summed E-state index contributed by atoms with van der Waals surface area (Å²) in [6.07, 6.45) is -6.23. The topological polar surface area (TPSA) is 92.8 Å². The molecule has 174 valence electrons. The molecule has 3 rings (SSSR count). The monoisotopic (exact) mass is 490 g/mol. The van der Waals surface area contributed by atoms with Crippen LogP contribution in [0.3, 0.4) is 0 Å². The highest BCUT2D eigenvalue weighted by Crippen LogP contribution is 2.38. The number of para-hydroxylation sites is 1. The number of nitrogens with one attached hydrogen (secondary N) is 1. The first kappa shape index (κ1) is 24.1. The summed E-state index contributed by atoms with van der Waals surface area (Å²) in [5, 5.41) is 0. The van der Waals surface area contributed by atoms with Gasteiger partial charge in [-0.15, -0.1) is 11.3 Å². The number of carbonyl (C=O) groups is 2. The number of alkyl halides is 3. The van der Waals surface area contributed by atoms with Crippen molar-refractivity contribution in [2.24, 2.45) is 0 Å². The Morgan fingerprint density at radius 1 is 1.25 bits per heavy atom. The highest BCUT2D eigenvalue weighted by atomic mass is 32.2. The minimum Gasteiger partial charge on any atom is -0.465 e. The van der Waals surface area contributed by atoms with E-state index in [1.165, 1.54) is 4.90 Å². The molecule has 0 fully saturated rings. The van der Waals surface area contributed by atoms with E-state index in [2.05, 4.69) is 4.72 Å². The van der Waals surface area contributed by atoms with E-state index in [0.717, 1.165) is 18.4 Å². The first-order valence-corrected chi connectivity index (χ1v) is 11.9. The summed E-state index contributed by atoms with van der Waals surface area (Å²) in [6, 6.07) is 6.72. The average Bonchev–Trinajstić information content (AvgIpc) is 3.12. The number of ether oxygens (including phenoxy) is 1. The van der Waals surface area contributed by atoms with Crippen molar-refractivity contribution in [3.05, 3.63) is 45.8 Å². The zero-order valence-electron chi connectivity index (χ0n) is 17.3. The molecule has 0 saturated carbocycles. The van der Waals surface area contributed by atoms with Gasteiger partial charge in [-0.1, -0.05) is 18.2 Å². The van der Waals surface area contributed by atoms with E-state index in [1.54, 1.807) is 31.2 Å². The highest BCUT2D eigenvalue weighted by molar-refractivity contribution is 7.94. The Kier molecular flexibility index (Phi) is 6.84. The lowest BCUT2D eigenvalue weighted by molar-refractivity contribution is -0.149. The summed E-state index contributed by atoms with van der Waals surface area (Å²) < 4.78 is 70.6. The molecule has 0 radical (unpaired) electrons. The Bertz CT molecular complexity index is 1140. The minimum absolute atomic E-state index is 0.0689.